The normalized spacial score (nSPS) is 22.3. The highest BCUT2D eigenvalue weighted by atomic mass is 16.2. The summed E-state index contributed by atoms with van der Waals surface area (Å²) in [5.74, 6) is 1.45. The zero-order chi connectivity index (χ0) is 16.0. The first-order chi connectivity index (χ1) is 11.1. The quantitative estimate of drug-likeness (QED) is 0.854. The highest BCUT2D eigenvalue weighted by Crippen LogP contribution is 2.35. The third-order valence-corrected chi connectivity index (χ3v) is 5.31. The predicted octanol–water partition coefficient (Wildman–Crippen LogP) is 2.54. The molecule has 2 aromatic heterocycles. The molecule has 2 aromatic rings. The van der Waals surface area contributed by atoms with E-state index in [-0.39, 0.29) is 11.7 Å². The van der Waals surface area contributed by atoms with Crippen molar-refractivity contribution >= 4 is 11.7 Å². The van der Waals surface area contributed by atoms with E-state index in [1.165, 1.54) is 25.7 Å². The molecule has 0 unspecified atom stereocenters. The van der Waals surface area contributed by atoms with Crippen molar-refractivity contribution in [3.05, 3.63) is 23.3 Å². The molecular formula is C17H23N5O. The van der Waals surface area contributed by atoms with Gasteiger partial charge in [0.15, 0.2) is 0 Å². The Balaban J connectivity index is 1.64. The number of amides is 1. The van der Waals surface area contributed by atoms with E-state index in [4.69, 9.17) is 0 Å². The molecule has 23 heavy (non-hydrogen) atoms. The molecule has 0 aromatic carbocycles. The summed E-state index contributed by atoms with van der Waals surface area (Å²) in [5.41, 5.74) is 1.85. The molecule has 6 heteroatoms. The highest BCUT2D eigenvalue weighted by molar-refractivity contribution is 5.91. The van der Waals surface area contributed by atoms with E-state index in [0.717, 1.165) is 30.8 Å². The first-order valence-electron chi connectivity index (χ1n) is 8.65. The van der Waals surface area contributed by atoms with E-state index in [0.29, 0.717) is 17.7 Å². The monoisotopic (exact) mass is 313 g/mol. The van der Waals surface area contributed by atoms with E-state index >= 15 is 0 Å². The van der Waals surface area contributed by atoms with Crippen LogP contribution < -0.4 is 0 Å². The van der Waals surface area contributed by atoms with Gasteiger partial charge in [0, 0.05) is 24.0 Å². The second-order valence-electron chi connectivity index (χ2n) is 6.94. The molecule has 2 aliphatic rings. The van der Waals surface area contributed by atoms with Gasteiger partial charge in [-0.1, -0.05) is 12.8 Å². The summed E-state index contributed by atoms with van der Waals surface area (Å²) in [6, 6.07) is 2.33. The van der Waals surface area contributed by atoms with Crippen molar-refractivity contribution in [1.29, 1.82) is 0 Å². The summed E-state index contributed by atoms with van der Waals surface area (Å²) in [7, 11) is 0. The fraction of sp³-hybridized carbons (Fsp3) is 0.647. The van der Waals surface area contributed by atoms with E-state index < -0.39 is 0 Å². The van der Waals surface area contributed by atoms with Gasteiger partial charge in [0.25, 0.3) is 11.7 Å². The Morgan fingerprint density at radius 1 is 1.13 bits per heavy atom. The second-order valence-corrected chi connectivity index (χ2v) is 6.94. The zero-order valence-electron chi connectivity index (χ0n) is 13.8. The van der Waals surface area contributed by atoms with Crippen LogP contribution in [0.4, 0.5) is 0 Å². The molecule has 0 spiro atoms. The summed E-state index contributed by atoms with van der Waals surface area (Å²) in [4.78, 5) is 23.7. The molecule has 1 aliphatic heterocycles. The molecule has 0 bridgehead atoms. The molecule has 0 N–H and O–H groups in total. The number of nitrogens with zero attached hydrogens (tertiary/aromatic N) is 5. The number of aromatic nitrogens is 4. The number of aryl methyl sites for hydroxylation is 2. The van der Waals surface area contributed by atoms with Crippen LogP contribution in [0.25, 0.3) is 5.78 Å². The molecule has 4 rings (SSSR count). The van der Waals surface area contributed by atoms with Gasteiger partial charge in [-0.2, -0.15) is 4.98 Å². The lowest BCUT2D eigenvalue weighted by molar-refractivity contribution is 0.0677. The van der Waals surface area contributed by atoms with Crippen molar-refractivity contribution in [3.63, 3.8) is 0 Å². The van der Waals surface area contributed by atoms with Crippen LogP contribution in [0.15, 0.2) is 6.07 Å². The number of hydrogen-bond donors (Lipinski definition) is 0. The Morgan fingerprint density at radius 2 is 1.91 bits per heavy atom. The highest BCUT2D eigenvalue weighted by Gasteiger charge is 2.37. The maximum atomic E-state index is 12.9. The lowest BCUT2D eigenvalue weighted by Crippen LogP contribution is -2.39. The Labute approximate surface area is 135 Å². The number of carbonyl (C=O) groups excluding carboxylic acids is 1. The molecule has 2 fully saturated rings. The fourth-order valence-corrected chi connectivity index (χ4v) is 4.26. The molecule has 6 nitrogen and oxygen atoms in total. The van der Waals surface area contributed by atoms with Crippen LogP contribution in [0, 0.1) is 19.8 Å². The van der Waals surface area contributed by atoms with Crippen LogP contribution in [0.1, 0.15) is 60.5 Å². The largest absolute Gasteiger partial charge is 0.333 e. The maximum absolute atomic E-state index is 12.9. The van der Waals surface area contributed by atoms with E-state index in [9.17, 15) is 4.79 Å². The topological polar surface area (TPSA) is 63.4 Å². The SMILES string of the molecule is Cc1cc(C)n2nc(C(=O)N3CCC[C@@H]3C3CCCC3)nc2n1. The van der Waals surface area contributed by atoms with Gasteiger partial charge in [-0.15, -0.1) is 5.10 Å². The Morgan fingerprint density at radius 3 is 2.70 bits per heavy atom. The van der Waals surface area contributed by atoms with Gasteiger partial charge in [0.05, 0.1) is 0 Å². The molecule has 3 heterocycles. The first kappa shape index (κ1) is 14.6. The lowest BCUT2D eigenvalue weighted by Gasteiger charge is -2.28. The smallest absolute Gasteiger partial charge is 0.293 e. The van der Waals surface area contributed by atoms with Crippen LogP contribution >= 0.6 is 0 Å². The van der Waals surface area contributed by atoms with Crippen molar-refractivity contribution in [1.82, 2.24) is 24.5 Å². The van der Waals surface area contributed by atoms with Gasteiger partial charge in [0.2, 0.25) is 5.82 Å². The van der Waals surface area contributed by atoms with Crippen LogP contribution in [0.5, 0.6) is 0 Å². The average molecular weight is 313 g/mol. The van der Waals surface area contributed by atoms with E-state index in [1.54, 1.807) is 4.52 Å². The molecule has 1 atom stereocenters. The van der Waals surface area contributed by atoms with Crippen molar-refractivity contribution in [2.45, 2.75) is 58.4 Å². The third kappa shape index (κ3) is 2.50. The number of carbonyl (C=O) groups is 1. The van der Waals surface area contributed by atoms with E-state index in [2.05, 4.69) is 15.1 Å². The van der Waals surface area contributed by atoms with Gasteiger partial charge < -0.3 is 4.90 Å². The van der Waals surface area contributed by atoms with Crippen LogP contribution in [-0.2, 0) is 0 Å². The zero-order valence-corrected chi connectivity index (χ0v) is 13.8. The average Bonchev–Trinajstić information content (AvgIpc) is 3.25. The lowest BCUT2D eigenvalue weighted by atomic mass is 9.96. The number of hydrogen-bond acceptors (Lipinski definition) is 4. The predicted molar refractivity (Wildman–Crippen MR) is 86.3 cm³/mol. The first-order valence-corrected chi connectivity index (χ1v) is 8.65. The fourth-order valence-electron chi connectivity index (χ4n) is 4.26. The van der Waals surface area contributed by atoms with Gasteiger partial charge in [-0.25, -0.2) is 9.50 Å². The molecule has 122 valence electrons. The van der Waals surface area contributed by atoms with Crippen LogP contribution in [0.3, 0.4) is 0 Å². The number of fused-ring (bicyclic) bond motifs is 1. The Hall–Kier alpha value is -1.98. The summed E-state index contributed by atoms with van der Waals surface area (Å²) >= 11 is 0. The van der Waals surface area contributed by atoms with E-state index in [1.807, 2.05) is 24.8 Å². The van der Waals surface area contributed by atoms with Crippen molar-refractivity contribution in [2.24, 2.45) is 5.92 Å². The van der Waals surface area contributed by atoms with Gasteiger partial charge in [-0.05, 0) is 51.5 Å². The summed E-state index contributed by atoms with van der Waals surface area (Å²) in [5, 5.41) is 4.41. The standard InChI is InChI=1S/C17H23N5O/c1-11-10-12(2)22-17(18-11)19-15(20-22)16(23)21-9-5-8-14(21)13-6-3-4-7-13/h10,13-14H,3-9H2,1-2H3/t14-/m1/s1. The minimum absolute atomic E-state index is 0.0260. The molecular weight excluding hydrogens is 290 g/mol. The number of rotatable bonds is 2. The summed E-state index contributed by atoms with van der Waals surface area (Å²) in [6.45, 7) is 4.72. The Kier molecular flexibility index (Phi) is 3.54. The van der Waals surface area contributed by atoms with Crippen molar-refractivity contribution < 1.29 is 4.79 Å². The molecule has 0 radical (unpaired) electrons. The maximum Gasteiger partial charge on any atom is 0.293 e. The second kappa shape index (κ2) is 5.58. The Bertz CT molecular complexity index is 747. The molecule has 1 aliphatic carbocycles. The van der Waals surface area contributed by atoms with Crippen molar-refractivity contribution in [3.8, 4) is 0 Å². The molecule has 1 amide bonds. The van der Waals surface area contributed by atoms with Crippen LogP contribution in [-0.4, -0.2) is 43.0 Å². The van der Waals surface area contributed by atoms with Gasteiger partial charge >= 0.3 is 0 Å². The molecule has 1 saturated carbocycles. The summed E-state index contributed by atoms with van der Waals surface area (Å²) < 4.78 is 1.67. The third-order valence-electron chi connectivity index (χ3n) is 5.31. The van der Waals surface area contributed by atoms with Crippen molar-refractivity contribution in [2.75, 3.05) is 6.54 Å². The summed E-state index contributed by atoms with van der Waals surface area (Å²) in [6.07, 6.45) is 7.34. The van der Waals surface area contributed by atoms with Gasteiger partial charge in [-0.3, -0.25) is 4.79 Å². The minimum atomic E-state index is -0.0260. The number of likely N-dealkylation sites (tertiary alicyclic amines) is 1. The molecule has 1 saturated heterocycles. The van der Waals surface area contributed by atoms with Crippen LogP contribution in [0.2, 0.25) is 0 Å². The minimum Gasteiger partial charge on any atom is -0.333 e. The van der Waals surface area contributed by atoms with Gasteiger partial charge in [0.1, 0.15) is 0 Å².